The number of hydrogen-bond donors (Lipinski definition) is 2. The fourth-order valence-corrected chi connectivity index (χ4v) is 2.11. The largest absolute Gasteiger partial charge is 0.495 e. The lowest BCUT2D eigenvalue weighted by molar-refractivity contribution is 0.102. The van der Waals surface area contributed by atoms with E-state index in [-0.39, 0.29) is 12.5 Å². The van der Waals surface area contributed by atoms with Crippen LogP contribution in [0.25, 0.3) is 5.65 Å². The zero-order valence-corrected chi connectivity index (χ0v) is 11.9. The first-order chi connectivity index (χ1) is 10.7. The van der Waals surface area contributed by atoms with Crippen LogP contribution in [-0.2, 0) is 6.61 Å². The van der Waals surface area contributed by atoms with Crippen molar-refractivity contribution >= 4 is 17.2 Å². The number of fused-ring (bicyclic) bond motifs is 1. The average molecular weight is 298 g/mol. The van der Waals surface area contributed by atoms with E-state index in [0.29, 0.717) is 28.2 Å². The molecule has 2 N–H and O–H groups in total. The van der Waals surface area contributed by atoms with Crippen LogP contribution in [0.2, 0.25) is 0 Å². The quantitative estimate of drug-likeness (QED) is 0.761. The lowest BCUT2D eigenvalue weighted by Gasteiger charge is -2.10. The number of hydrogen-bond acceptors (Lipinski definition) is 5. The summed E-state index contributed by atoms with van der Waals surface area (Å²) in [6, 6.07) is 6.80. The Kier molecular flexibility index (Phi) is 3.71. The van der Waals surface area contributed by atoms with Gasteiger partial charge >= 0.3 is 0 Å². The molecule has 1 amide bonds. The van der Waals surface area contributed by atoms with Crippen LogP contribution >= 0.6 is 0 Å². The molecule has 3 aromatic rings. The Morgan fingerprint density at radius 1 is 1.45 bits per heavy atom. The van der Waals surface area contributed by atoms with Crippen molar-refractivity contribution < 1.29 is 14.6 Å². The summed E-state index contributed by atoms with van der Waals surface area (Å²) in [5, 5.41) is 16.0. The molecule has 0 aliphatic heterocycles. The third kappa shape index (κ3) is 2.49. The number of aromatic nitrogens is 3. The summed E-state index contributed by atoms with van der Waals surface area (Å²) >= 11 is 0. The molecule has 7 nitrogen and oxygen atoms in total. The standard InChI is InChI=1S/C15H14N4O3/c1-22-13-7-10(9-20)3-4-12(13)18-15(21)11-8-17-19-6-2-5-16-14(11)19/h2-8,20H,9H2,1H3,(H,18,21). The fourth-order valence-electron chi connectivity index (χ4n) is 2.11. The van der Waals surface area contributed by atoms with E-state index < -0.39 is 0 Å². The monoisotopic (exact) mass is 298 g/mol. The molecule has 0 atom stereocenters. The van der Waals surface area contributed by atoms with Gasteiger partial charge in [0.1, 0.15) is 11.3 Å². The number of nitrogens with one attached hydrogen (secondary N) is 1. The Hall–Kier alpha value is -2.93. The molecule has 2 aromatic heterocycles. The predicted molar refractivity (Wildman–Crippen MR) is 79.9 cm³/mol. The Labute approximate surface area is 126 Å². The van der Waals surface area contributed by atoms with E-state index in [1.54, 1.807) is 36.7 Å². The Morgan fingerprint density at radius 3 is 3.09 bits per heavy atom. The molecule has 0 aliphatic carbocycles. The molecule has 3 rings (SSSR count). The van der Waals surface area contributed by atoms with Crippen molar-refractivity contribution in [3.05, 3.63) is 54.0 Å². The highest BCUT2D eigenvalue weighted by Crippen LogP contribution is 2.26. The van der Waals surface area contributed by atoms with Crippen LogP contribution in [0.3, 0.4) is 0 Å². The van der Waals surface area contributed by atoms with E-state index in [4.69, 9.17) is 9.84 Å². The molecule has 0 radical (unpaired) electrons. The first kappa shape index (κ1) is 14.0. The third-order valence-electron chi connectivity index (χ3n) is 3.22. The van der Waals surface area contributed by atoms with Gasteiger partial charge in [-0.3, -0.25) is 4.79 Å². The summed E-state index contributed by atoms with van der Waals surface area (Å²) in [6.45, 7) is -0.0947. The van der Waals surface area contributed by atoms with Crippen molar-refractivity contribution in [2.75, 3.05) is 12.4 Å². The second kappa shape index (κ2) is 5.82. The highest BCUT2D eigenvalue weighted by atomic mass is 16.5. The van der Waals surface area contributed by atoms with Gasteiger partial charge in [0.05, 0.1) is 25.6 Å². The van der Waals surface area contributed by atoms with Crippen LogP contribution in [0.1, 0.15) is 15.9 Å². The number of nitrogens with zero attached hydrogens (tertiary/aromatic N) is 3. The minimum atomic E-state index is -0.330. The number of aliphatic hydroxyl groups is 1. The molecular formula is C15H14N4O3. The van der Waals surface area contributed by atoms with E-state index in [1.165, 1.54) is 17.8 Å². The molecule has 112 valence electrons. The number of anilines is 1. The van der Waals surface area contributed by atoms with Gasteiger partial charge in [-0.25, -0.2) is 9.50 Å². The Bertz CT molecular complexity index is 829. The van der Waals surface area contributed by atoms with Crippen molar-refractivity contribution in [2.24, 2.45) is 0 Å². The fraction of sp³-hybridized carbons (Fsp3) is 0.133. The maximum absolute atomic E-state index is 12.4. The molecule has 0 spiro atoms. The molecule has 0 saturated carbocycles. The molecule has 1 aromatic carbocycles. The van der Waals surface area contributed by atoms with Gasteiger partial charge in [0.2, 0.25) is 0 Å². The summed E-state index contributed by atoms with van der Waals surface area (Å²) in [7, 11) is 1.50. The van der Waals surface area contributed by atoms with Crippen molar-refractivity contribution in [2.45, 2.75) is 6.61 Å². The molecule has 0 unspecified atom stereocenters. The zero-order chi connectivity index (χ0) is 15.5. The van der Waals surface area contributed by atoms with Gasteiger partial charge in [-0.2, -0.15) is 5.10 Å². The maximum atomic E-state index is 12.4. The zero-order valence-electron chi connectivity index (χ0n) is 11.9. The highest BCUT2D eigenvalue weighted by molar-refractivity contribution is 6.08. The SMILES string of the molecule is COc1cc(CO)ccc1NC(=O)c1cnn2cccnc12. The van der Waals surface area contributed by atoms with Crippen LogP contribution < -0.4 is 10.1 Å². The Balaban J connectivity index is 1.91. The summed E-state index contributed by atoms with van der Waals surface area (Å²) in [4.78, 5) is 16.6. The molecular weight excluding hydrogens is 284 g/mol. The first-order valence-corrected chi connectivity index (χ1v) is 6.60. The smallest absolute Gasteiger partial charge is 0.261 e. The molecule has 0 fully saturated rings. The molecule has 2 heterocycles. The van der Waals surface area contributed by atoms with E-state index in [9.17, 15) is 4.79 Å². The van der Waals surface area contributed by atoms with Crippen LogP contribution in [-0.4, -0.2) is 32.7 Å². The van der Waals surface area contributed by atoms with Crippen molar-refractivity contribution in [3.8, 4) is 5.75 Å². The number of carbonyl (C=O) groups is 1. The number of amides is 1. The minimum Gasteiger partial charge on any atom is -0.495 e. The van der Waals surface area contributed by atoms with E-state index in [1.807, 2.05) is 0 Å². The van der Waals surface area contributed by atoms with E-state index >= 15 is 0 Å². The molecule has 0 bridgehead atoms. The second-order valence-electron chi connectivity index (χ2n) is 4.59. The topological polar surface area (TPSA) is 88.8 Å². The third-order valence-corrected chi connectivity index (χ3v) is 3.22. The predicted octanol–water partition coefficient (Wildman–Crippen LogP) is 1.48. The number of ether oxygens (including phenoxy) is 1. The van der Waals surface area contributed by atoms with Crippen LogP contribution in [0.5, 0.6) is 5.75 Å². The van der Waals surface area contributed by atoms with Crippen molar-refractivity contribution in [3.63, 3.8) is 0 Å². The number of rotatable bonds is 4. The molecule has 0 aliphatic rings. The van der Waals surface area contributed by atoms with Gasteiger partial charge in [0.25, 0.3) is 5.91 Å². The molecule has 22 heavy (non-hydrogen) atoms. The van der Waals surface area contributed by atoms with E-state index in [0.717, 1.165) is 0 Å². The normalized spacial score (nSPS) is 10.6. The summed E-state index contributed by atoms with van der Waals surface area (Å²) < 4.78 is 6.76. The summed E-state index contributed by atoms with van der Waals surface area (Å²) in [5.41, 5.74) is 2.06. The first-order valence-electron chi connectivity index (χ1n) is 6.60. The second-order valence-corrected chi connectivity index (χ2v) is 4.59. The maximum Gasteiger partial charge on any atom is 0.261 e. The van der Waals surface area contributed by atoms with Crippen molar-refractivity contribution in [1.29, 1.82) is 0 Å². The van der Waals surface area contributed by atoms with Crippen LogP contribution in [0, 0.1) is 0 Å². The number of aliphatic hydroxyl groups excluding tert-OH is 1. The van der Waals surface area contributed by atoms with E-state index in [2.05, 4.69) is 15.4 Å². The summed E-state index contributed by atoms with van der Waals surface area (Å²) in [6.07, 6.45) is 4.78. The van der Waals surface area contributed by atoms with Gasteiger partial charge in [-0.1, -0.05) is 6.07 Å². The van der Waals surface area contributed by atoms with Gasteiger partial charge in [0, 0.05) is 12.4 Å². The van der Waals surface area contributed by atoms with Gasteiger partial charge in [-0.05, 0) is 23.8 Å². The lowest BCUT2D eigenvalue weighted by Crippen LogP contribution is -2.13. The Morgan fingerprint density at radius 2 is 2.32 bits per heavy atom. The number of methoxy groups -OCH3 is 1. The van der Waals surface area contributed by atoms with Gasteiger partial charge in [-0.15, -0.1) is 0 Å². The molecule has 7 heteroatoms. The highest BCUT2D eigenvalue weighted by Gasteiger charge is 2.15. The molecule has 0 saturated heterocycles. The summed E-state index contributed by atoms with van der Waals surface area (Å²) in [5.74, 6) is 0.146. The number of carbonyl (C=O) groups excluding carboxylic acids is 1. The van der Waals surface area contributed by atoms with Crippen LogP contribution in [0.4, 0.5) is 5.69 Å². The average Bonchev–Trinajstić information content (AvgIpc) is 2.99. The minimum absolute atomic E-state index is 0.0947. The lowest BCUT2D eigenvalue weighted by atomic mass is 10.2. The van der Waals surface area contributed by atoms with Crippen molar-refractivity contribution in [1.82, 2.24) is 14.6 Å². The number of benzene rings is 1. The van der Waals surface area contributed by atoms with Gasteiger partial charge in [0.15, 0.2) is 5.65 Å². The van der Waals surface area contributed by atoms with Gasteiger partial charge < -0.3 is 15.2 Å². The van der Waals surface area contributed by atoms with Crippen LogP contribution in [0.15, 0.2) is 42.9 Å².